The zero-order valence-corrected chi connectivity index (χ0v) is 9.82. The molecule has 0 unspecified atom stereocenters. The Hall–Kier alpha value is -0.580. The third-order valence-corrected chi connectivity index (χ3v) is 2.86. The van der Waals surface area contributed by atoms with Crippen LogP contribution in [0.5, 0.6) is 0 Å². The molecule has 0 spiro atoms. The summed E-state index contributed by atoms with van der Waals surface area (Å²) in [5, 5.41) is 5.71. The van der Waals surface area contributed by atoms with Crippen LogP contribution in [0.25, 0.3) is 10.9 Å². The Morgan fingerprint density at radius 2 is 2.00 bits per heavy atom. The van der Waals surface area contributed by atoms with Gasteiger partial charge < -0.3 is 0 Å². The van der Waals surface area contributed by atoms with Crippen molar-refractivity contribution in [2.75, 3.05) is 0 Å². The summed E-state index contributed by atoms with van der Waals surface area (Å²) in [6, 6.07) is 8.27. The molecule has 68 valence electrons. The second kappa shape index (κ2) is 3.29. The zero-order chi connectivity index (χ0) is 9.42. The highest BCUT2D eigenvalue weighted by Crippen LogP contribution is 2.26. The van der Waals surface area contributed by atoms with Gasteiger partial charge in [-0.1, -0.05) is 32.0 Å². The van der Waals surface area contributed by atoms with Gasteiger partial charge in [-0.05, 0) is 12.0 Å². The first-order valence-electron chi connectivity index (χ1n) is 4.34. The lowest BCUT2D eigenvalue weighted by Gasteiger charge is -2.03. The number of hydrogen-bond donors (Lipinski definition) is 0. The van der Waals surface area contributed by atoms with Crippen molar-refractivity contribution in [1.82, 2.24) is 7.99 Å². The van der Waals surface area contributed by atoms with Gasteiger partial charge in [0.1, 0.15) is 0 Å². The molecule has 0 amide bonds. The van der Waals surface area contributed by atoms with Crippen LogP contribution in [-0.2, 0) is 0 Å². The van der Waals surface area contributed by atoms with Crippen molar-refractivity contribution in [3.05, 3.63) is 30.0 Å². The van der Waals surface area contributed by atoms with Crippen LogP contribution in [-0.4, -0.2) is 7.99 Å². The molecule has 2 nitrogen and oxygen atoms in total. The second-order valence-corrected chi connectivity index (χ2v) is 4.33. The first-order chi connectivity index (χ1) is 6.20. The van der Waals surface area contributed by atoms with Gasteiger partial charge in [-0.15, -0.1) is 0 Å². The molecule has 2 rings (SSSR count). The molecule has 13 heavy (non-hydrogen) atoms. The third-order valence-electron chi connectivity index (χ3n) is 2.12. The molecule has 0 aliphatic carbocycles. The van der Waals surface area contributed by atoms with Gasteiger partial charge in [-0.2, -0.15) is 5.10 Å². The predicted molar refractivity (Wildman–Crippen MR) is 63.2 cm³/mol. The van der Waals surface area contributed by atoms with Crippen LogP contribution in [0.3, 0.4) is 0 Å². The van der Waals surface area contributed by atoms with E-state index in [4.69, 9.17) is 0 Å². The monoisotopic (exact) mass is 286 g/mol. The average molecular weight is 286 g/mol. The van der Waals surface area contributed by atoms with Gasteiger partial charge in [0.25, 0.3) is 0 Å². The van der Waals surface area contributed by atoms with Crippen molar-refractivity contribution >= 4 is 33.8 Å². The highest BCUT2D eigenvalue weighted by atomic mass is 127. The van der Waals surface area contributed by atoms with Crippen molar-refractivity contribution in [2.24, 2.45) is 0 Å². The van der Waals surface area contributed by atoms with Gasteiger partial charge in [0, 0.05) is 5.39 Å². The molecule has 3 heteroatoms. The van der Waals surface area contributed by atoms with Crippen molar-refractivity contribution in [3.8, 4) is 0 Å². The summed E-state index contributed by atoms with van der Waals surface area (Å²) < 4.78 is 1.95. The quantitative estimate of drug-likeness (QED) is 0.735. The van der Waals surface area contributed by atoms with Gasteiger partial charge in [-0.3, -0.25) is 0 Å². The highest BCUT2D eigenvalue weighted by molar-refractivity contribution is 14.1. The molecule has 0 aliphatic rings. The van der Waals surface area contributed by atoms with Gasteiger partial charge in [0.15, 0.2) is 0 Å². The molecular formula is C10H11IN2. The number of rotatable bonds is 1. The number of benzene rings is 1. The van der Waals surface area contributed by atoms with E-state index in [-0.39, 0.29) is 0 Å². The number of hydrogen-bond acceptors (Lipinski definition) is 1. The van der Waals surface area contributed by atoms with Gasteiger partial charge in [0.2, 0.25) is 0 Å². The van der Waals surface area contributed by atoms with Crippen LogP contribution in [0.15, 0.2) is 24.3 Å². The molecule has 0 saturated carbocycles. The van der Waals surface area contributed by atoms with Crippen molar-refractivity contribution < 1.29 is 0 Å². The van der Waals surface area contributed by atoms with Crippen LogP contribution >= 0.6 is 22.9 Å². The summed E-state index contributed by atoms with van der Waals surface area (Å²) in [5.74, 6) is 0.518. The Kier molecular flexibility index (Phi) is 2.27. The lowest BCUT2D eigenvalue weighted by atomic mass is 10.1. The molecule has 0 bridgehead atoms. The number of fused-ring (bicyclic) bond motifs is 1. The first-order valence-corrected chi connectivity index (χ1v) is 5.30. The van der Waals surface area contributed by atoms with Crippen LogP contribution in [0.1, 0.15) is 25.5 Å². The maximum atomic E-state index is 4.44. The Morgan fingerprint density at radius 1 is 1.31 bits per heavy atom. The molecule has 2 aromatic rings. The van der Waals surface area contributed by atoms with E-state index in [9.17, 15) is 0 Å². The molecule has 0 saturated heterocycles. The molecule has 0 N–H and O–H groups in total. The molecule has 0 aliphatic heterocycles. The zero-order valence-electron chi connectivity index (χ0n) is 7.66. The lowest BCUT2D eigenvalue weighted by Crippen LogP contribution is -1.93. The third kappa shape index (κ3) is 1.45. The highest BCUT2D eigenvalue weighted by Gasteiger charge is 2.11. The van der Waals surface area contributed by atoms with E-state index in [1.54, 1.807) is 0 Å². The standard InChI is InChI=1S/C10H11IN2/c1-7(2)10-8-5-3-4-6-9(8)12-13(10)11/h3-7H,1-2H3. The van der Waals surface area contributed by atoms with Crippen molar-refractivity contribution in [2.45, 2.75) is 19.8 Å². The van der Waals surface area contributed by atoms with Crippen LogP contribution < -0.4 is 0 Å². The SMILES string of the molecule is CC(C)c1c2ccccc2nn1I. The summed E-state index contributed by atoms with van der Waals surface area (Å²) in [7, 11) is 0. The van der Waals surface area contributed by atoms with E-state index in [1.807, 2.05) is 8.96 Å². The van der Waals surface area contributed by atoms with E-state index in [0.29, 0.717) is 5.92 Å². The minimum absolute atomic E-state index is 0.518. The van der Waals surface area contributed by atoms with Gasteiger partial charge in [-0.25, -0.2) is 2.90 Å². The summed E-state index contributed by atoms with van der Waals surface area (Å²) in [5.41, 5.74) is 2.39. The first kappa shape index (κ1) is 8.99. The minimum atomic E-state index is 0.518. The maximum absolute atomic E-state index is 4.44. The van der Waals surface area contributed by atoms with Crippen molar-refractivity contribution in [1.29, 1.82) is 0 Å². The second-order valence-electron chi connectivity index (χ2n) is 3.42. The summed E-state index contributed by atoms with van der Waals surface area (Å²) in [4.78, 5) is 0. The molecule has 0 atom stereocenters. The van der Waals surface area contributed by atoms with E-state index in [1.165, 1.54) is 11.1 Å². The fourth-order valence-corrected chi connectivity index (χ4v) is 2.60. The van der Waals surface area contributed by atoms with Gasteiger partial charge >= 0.3 is 0 Å². The van der Waals surface area contributed by atoms with Gasteiger partial charge in [0.05, 0.1) is 34.1 Å². The Morgan fingerprint density at radius 3 is 2.69 bits per heavy atom. The Bertz CT molecular complexity index is 431. The minimum Gasteiger partial charge on any atom is -0.207 e. The number of nitrogens with zero attached hydrogens (tertiary/aromatic N) is 2. The normalized spacial score (nSPS) is 11.4. The number of halogens is 1. The fraction of sp³-hybridized carbons (Fsp3) is 0.300. The molecule has 1 heterocycles. The topological polar surface area (TPSA) is 17.8 Å². The molecule has 1 aromatic carbocycles. The molecular weight excluding hydrogens is 275 g/mol. The largest absolute Gasteiger partial charge is 0.207 e. The molecule has 0 radical (unpaired) electrons. The smallest absolute Gasteiger partial charge is 0.0935 e. The summed E-state index contributed by atoms with van der Waals surface area (Å²) in [6.07, 6.45) is 0. The molecule has 0 fully saturated rings. The van der Waals surface area contributed by atoms with Crippen molar-refractivity contribution in [3.63, 3.8) is 0 Å². The molecule has 1 aromatic heterocycles. The van der Waals surface area contributed by atoms with Crippen LogP contribution in [0.2, 0.25) is 0 Å². The summed E-state index contributed by atoms with van der Waals surface area (Å²) in [6.45, 7) is 4.39. The average Bonchev–Trinajstić information content (AvgIpc) is 2.39. The predicted octanol–water partition coefficient (Wildman–Crippen LogP) is 3.36. The summed E-state index contributed by atoms with van der Waals surface area (Å²) >= 11 is 2.23. The number of aromatic nitrogens is 2. The Balaban J connectivity index is 2.78. The maximum Gasteiger partial charge on any atom is 0.0935 e. The van der Waals surface area contributed by atoms with E-state index >= 15 is 0 Å². The van der Waals surface area contributed by atoms with E-state index in [0.717, 1.165) is 5.52 Å². The fourth-order valence-electron chi connectivity index (χ4n) is 1.55. The van der Waals surface area contributed by atoms with Crippen LogP contribution in [0, 0.1) is 0 Å². The van der Waals surface area contributed by atoms with E-state index in [2.05, 4.69) is 60.0 Å². The Labute approximate surface area is 91.4 Å². The lowest BCUT2D eigenvalue weighted by molar-refractivity contribution is 0.808. The van der Waals surface area contributed by atoms with Crippen LogP contribution in [0.4, 0.5) is 0 Å². The van der Waals surface area contributed by atoms with E-state index < -0.39 is 0 Å².